The van der Waals surface area contributed by atoms with Gasteiger partial charge in [-0.25, -0.2) is 13.2 Å². The molecule has 7 nitrogen and oxygen atoms in total. The molecule has 8 heteroatoms. The van der Waals surface area contributed by atoms with E-state index in [1.165, 1.54) is 31.2 Å². The van der Waals surface area contributed by atoms with E-state index in [4.69, 9.17) is 9.47 Å². The lowest BCUT2D eigenvalue weighted by Crippen LogP contribution is -2.35. The summed E-state index contributed by atoms with van der Waals surface area (Å²) in [5.74, 6) is -0.656. The van der Waals surface area contributed by atoms with Crippen molar-refractivity contribution in [1.29, 1.82) is 0 Å². The number of carbonyl (C=O) groups is 2. The third kappa shape index (κ3) is 5.55. The van der Waals surface area contributed by atoms with Crippen molar-refractivity contribution in [2.75, 3.05) is 13.4 Å². The molecule has 2 aromatic carbocycles. The van der Waals surface area contributed by atoms with Crippen LogP contribution in [-0.4, -0.2) is 39.8 Å². The first-order chi connectivity index (χ1) is 12.7. The summed E-state index contributed by atoms with van der Waals surface area (Å²) in [6.45, 7) is 1.68. The predicted molar refractivity (Wildman–Crippen MR) is 99.3 cm³/mol. The fourth-order valence-corrected chi connectivity index (χ4v) is 3.19. The van der Waals surface area contributed by atoms with Gasteiger partial charge >= 0.3 is 5.97 Å². The monoisotopic (exact) mass is 391 g/mol. The minimum Gasteiger partial charge on any atom is -0.497 e. The number of esters is 1. The summed E-state index contributed by atoms with van der Waals surface area (Å²) in [5.41, 5.74) is 0.750. The Kier molecular flexibility index (Phi) is 6.57. The second kappa shape index (κ2) is 8.68. The van der Waals surface area contributed by atoms with E-state index in [0.717, 1.165) is 11.8 Å². The van der Waals surface area contributed by atoms with Crippen molar-refractivity contribution in [2.45, 2.75) is 24.5 Å². The Morgan fingerprint density at radius 1 is 1.07 bits per heavy atom. The van der Waals surface area contributed by atoms with Crippen LogP contribution in [0.4, 0.5) is 0 Å². The molecule has 0 bridgehead atoms. The number of carbonyl (C=O) groups excluding carboxylic acids is 2. The maximum Gasteiger partial charge on any atom is 0.340 e. The first-order valence-electron chi connectivity index (χ1n) is 8.13. The second-order valence-corrected chi connectivity index (χ2v) is 7.87. The third-order valence-corrected chi connectivity index (χ3v) is 4.94. The zero-order valence-corrected chi connectivity index (χ0v) is 16.1. The molecule has 2 aromatic rings. The van der Waals surface area contributed by atoms with Gasteiger partial charge in [0.2, 0.25) is 0 Å². The normalized spacial score (nSPS) is 12.1. The standard InChI is InChI=1S/C19H21NO6S/c1-13(18(21)20-12-14-8-10-15(25-2)11-9-14)26-19(22)16-6-4-5-7-17(16)27(3,23)24/h4-11,13H,12H2,1-3H3,(H,20,21)/t13-/m0/s1. The molecule has 144 valence electrons. The van der Waals surface area contributed by atoms with Gasteiger partial charge < -0.3 is 14.8 Å². The van der Waals surface area contributed by atoms with Crippen molar-refractivity contribution in [2.24, 2.45) is 0 Å². The lowest BCUT2D eigenvalue weighted by Gasteiger charge is -2.15. The van der Waals surface area contributed by atoms with Crippen LogP contribution in [-0.2, 0) is 25.9 Å². The number of hydrogen-bond acceptors (Lipinski definition) is 6. The Bertz CT molecular complexity index is 921. The van der Waals surface area contributed by atoms with Gasteiger partial charge in [-0.05, 0) is 36.8 Å². The van der Waals surface area contributed by atoms with Crippen LogP contribution in [0.3, 0.4) is 0 Å². The molecule has 27 heavy (non-hydrogen) atoms. The van der Waals surface area contributed by atoms with Crippen molar-refractivity contribution < 1.29 is 27.5 Å². The molecule has 0 saturated heterocycles. The molecular formula is C19H21NO6S. The Labute approximate surface area is 158 Å². The summed E-state index contributed by atoms with van der Waals surface area (Å²) in [4.78, 5) is 24.3. The highest BCUT2D eigenvalue weighted by Crippen LogP contribution is 2.17. The van der Waals surface area contributed by atoms with Crippen molar-refractivity contribution >= 4 is 21.7 Å². The molecule has 0 aliphatic heterocycles. The highest BCUT2D eigenvalue weighted by molar-refractivity contribution is 7.90. The van der Waals surface area contributed by atoms with Gasteiger partial charge in [-0.3, -0.25) is 4.79 Å². The van der Waals surface area contributed by atoms with Gasteiger partial charge in [-0.1, -0.05) is 24.3 Å². The van der Waals surface area contributed by atoms with Crippen LogP contribution in [0.25, 0.3) is 0 Å². The number of amides is 1. The molecule has 0 aliphatic carbocycles. The Balaban J connectivity index is 1.99. The van der Waals surface area contributed by atoms with Crippen molar-refractivity contribution in [1.82, 2.24) is 5.32 Å². The molecular weight excluding hydrogens is 370 g/mol. The van der Waals surface area contributed by atoms with Crippen molar-refractivity contribution in [3.63, 3.8) is 0 Å². The fourth-order valence-electron chi connectivity index (χ4n) is 2.31. The predicted octanol–water partition coefficient (Wildman–Crippen LogP) is 1.96. The van der Waals surface area contributed by atoms with Crippen LogP contribution in [0.1, 0.15) is 22.8 Å². The number of ether oxygens (including phenoxy) is 2. The molecule has 1 amide bonds. The van der Waals surface area contributed by atoms with Gasteiger partial charge in [-0.2, -0.15) is 0 Å². The average Bonchev–Trinajstić information content (AvgIpc) is 2.65. The van der Waals surface area contributed by atoms with Gasteiger partial charge in [-0.15, -0.1) is 0 Å². The fraction of sp³-hybridized carbons (Fsp3) is 0.263. The number of benzene rings is 2. The molecule has 0 spiro atoms. The quantitative estimate of drug-likeness (QED) is 0.725. The van der Waals surface area contributed by atoms with Crippen LogP contribution in [0.5, 0.6) is 5.75 Å². The third-order valence-electron chi connectivity index (χ3n) is 3.79. The maximum absolute atomic E-state index is 12.3. The van der Waals surface area contributed by atoms with E-state index >= 15 is 0 Å². The number of sulfone groups is 1. The van der Waals surface area contributed by atoms with E-state index in [9.17, 15) is 18.0 Å². The van der Waals surface area contributed by atoms with Crippen LogP contribution in [0, 0.1) is 0 Å². The van der Waals surface area contributed by atoms with Gasteiger partial charge in [0.05, 0.1) is 17.6 Å². The lowest BCUT2D eigenvalue weighted by atomic mass is 10.2. The SMILES string of the molecule is COc1ccc(CNC(=O)[C@H](C)OC(=O)c2ccccc2S(C)(=O)=O)cc1. The highest BCUT2D eigenvalue weighted by atomic mass is 32.2. The molecule has 0 radical (unpaired) electrons. The molecule has 0 aromatic heterocycles. The molecule has 1 atom stereocenters. The maximum atomic E-state index is 12.3. The summed E-state index contributed by atoms with van der Waals surface area (Å²) in [6.07, 6.45) is -0.0761. The number of hydrogen-bond donors (Lipinski definition) is 1. The van der Waals surface area contributed by atoms with Crippen LogP contribution < -0.4 is 10.1 Å². The smallest absolute Gasteiger partial charge is 0.340 e. The van der Waals surface area contributed by atoms with Crippen molar-refractivity contribution in [3.05, 3.63) is 59.7 Å². The molecule has 0 unspecified atom stereocenters. The zero-order chi connectivity index (χ0) is 20.0. The highest BCUT2D eigenvalue weighted by Gasteiger charge is 2.23. The summed E-state index contributed by atoms with van der Waals surface area (Å²) in [6, 6.07) is 12.9. The van der Waals surface area contributed by atoms with Crippen molar-refractivity contribution in [3.8, 4) is 5.75 Å². The van der Waals surface area contributed by atoms with E-state index in [0.29, 0.717) is 5.75 Å². The summed E-state index contributed by atoms with van der Waals surface area (Å²) in [5, 5.41) is 2.66. The molecule has 0 heterocycles. The van der Waals surface area contributed by atoms with Gasteiger partial charge in [0, 0.05) is 12.8 Å². The number of rotatable bonds is 7. The Morgan fingerprint density at radius 3 is 2.30 bits per heavy atom. The minimum atomic E-state index is -3.60. The van der Waals surface area contributed by atoms with Crippen LogP contribution >= 0.6 is 0 Å². The minimum absolute atomic E-state index is 0.102. The zero-order valence-electron chi connectivity index (χ0n) is 15.3. The van der Waals surface area contributed by atoms with E-state index < -0.39 is 27.8 Å². The summed E-state index contributed by atoms with van der Waals surface area (Å²) in [7, 11) is -2.03. The van der Waals surface area contributed by atoms with Gasteiger partial charge in [0.15, 0.2) is 15.9 Å². The van der Waals surface area contributed by atoms with E-state index in [-0.39, 0.29) is 17.0 Å². The average molecular weight is 391 g/mol. The first-order valence-corrected chi connectivity index (χ1v) is 10.0. The molecule has 0 fully saturated rings. The number of nitrogens with one attached hydrogen (secondary N) is 1. The topological polar surface area (TPSA) is 98.8 Å². The summed E-state index contributed by atoms with van der Waals surface area (Å²) >= 11 is 0. The molecule has 2 rings (SSSR count). The van der Waals surface area contributed by atoms with Gasteiger partial charge in [0.1, 0.15) is 5.75 Å². The first kappa shape index (κ1) is 20.4. The largest absolute Gasteiger partial charge is 0.497 e. The number of methoxy groups -OCH3 is 1. The Morgan fingerprint density at radius 2 is 1.70 bits per heavy atom. The van der Waals surface area contributed by atoms with Crippen LogP contribution in [0.15, 0.2) is 53.4 Å². The van der Waals surface area contributed by atoms with Crippen LogP contribution in [0.2, 0.25) is 0 Å². The van der Waals surface area contributed by atoms with E-state index in [2.05, 4.69) is 5.32 Å². The molecule has 0 saturated carbocycles. The van der Waals surface area contributed by atoms with Gasteiger partial charge in [0.25, 0.3) is 5.91 Å². The van der Waals surface area contributed by atoms with E-state index in [1.54, 1.807) is 31.4 Å². The Hall–Kier alpha value is -2.87. The lowest BCUT2D eigenvalue weighted by molar-refractivity contribution is -0.129. The second-order valence-electron chi connectivity index (χ2n) is 5.88. The van der Waals surface area contributed by atoms with E-state index in [1.807, 2.05) is 0 Å². The summed E-state index contributed by atoms with van der Waals surface area (Å²) < 4.78 is 33.8. The molecule has 0 aliphatic rings. The molecule has 1 N–H and O–H groups in total.